The molecule has 0 atom stereocenters. The zero-order valence-corrected chi connectivity index (χ0v) is 24.2. The Labute approximate surface area is 213 Å². The molecule has 0 bridgehead atoms. The summed E-state index contributed by atoms with van der Waals surface area (Å²) in [5.41, 5.74) is 1.83. The van der Waals surface area contributed by atoms with Gasteiger partial charge in [0.2, 0.25) is 0 Å². The van der Waals surface area contributed by atoms with Gasteiger partial charge in [0, 0.05) is 29.4 Å². The van der Waals surface area contributed by atoms with Crippen molar-refractivity contribution >= 4 is 19.2 Å². The summed E-state index contributed by atoms with van der Waals surface area (Å²) >= 11 is 0. The van der Waals surface area contributed by atoms with Gasteiger partial charge >= 0.3 is 0 Å². The van der Waals surface area contributed by atoms with E-state index in [0.717, 1.165) is 29.1 Å². The molecule has 0 aliphatic carbocycles. The Morgan fingerprint density at radius 1 is 0.857 bits per heavy atom. The minimum atomic E-state index is -2.05. The first-order chi connectivity index (χ1) is 16.6. The zero-order valence-electron chi connectivity index (χ0n) is 23.2. The number of hydrogen-bond acceptors (Lipinski definition) is 4. The van der Waals surface area contributed by atoms with Crippen LogP contribution in [0.1, 0.15) is 72.7 Å². The summed E-state index contributed by atoms with van der Waals surface area (Å²) in [4.78, 5) is 15.4. The summed E-state index contributed by atoms with van der Waals surface area (Å²) in [6.07, 6.45) is -0.0826. The predicted molar refractivity (Wildman–Crippen MR) is 149 cm³/mol. The van der Waals surface area contributed by atoms with Crippen LogP contribution in [-0.2, 0) is 0 Å². The lowest BCUT2D eigenvalue weighted by Gasteiger charge is -2.33. The lowest BCUT2D eigenvalue weighted by atomic mass is 9.96. The molecule has 0 radical (unpaired) electrons. The van der Waals surface area contributed by atoms with Crippen LogP contribution >= 0.6 is 0 Å². The van der Waals surface area contributed by atoms with E-state index in [0.29, 0.717) is 35.5 Å². The molecule has 1 N–H and O–H groups in total. The largest absolute Gasteiger partial charge is 0.507 e. The first-order valence-corrected chi connectivity index (χ1v) is 15.8. The van der Waals surface area contributed by atoms with Gasteiger partial charge in [0.05, 0.1) is 25.8 Å². The highest BCUT2D eigenvalue weighted by Crippen LogP contribution is 2.42. The number of benzene rings is 2. The van der Waals surface area contributed by atoms with Crippen LogP contribution < -0.4 is 14.7 Å². The number of amides is 1. The number of phenols is 1. The highest BCUT2D eigenvalue weighted by atomic mass is 28.3. The number of carbonyl (C=O) groups excluding carboxylic acids is 1. The molecule has 0 unspecified atom stereocenters. The fourth-order valence-corrected chi connectivity index (χ4v) is 8.80. The normalized spacial score (nSPS) is 11.7. The van der Waals surface area contributed by atoms with Crippen LogP contribution in [0, 0.1) is 0 Å². The average molecular weight is 500 g/mol. The number of aromatic hydroxyl groups is 1. The maximum absolute atomic E-state index is 13.6. The first-order valence-electron chi connectivity index (χ1n) is 13.2. The molecule has 0 heterocycles. The van der Waals surface area contributed by atoms with Crippen LogP contribution in [0.2, 0.25) is 18.1 Å². The lowest BCUT2D eigenvalue weighted by Crippen LogP contribution is -2.47. The van der Waals surface area contributed by atoms with Crippen LogP contribution in [0.5, 0.6) is 17.2 Å². The first kappa shape index (κ1) is 28.8. The van der Waals surface area contributed by atoms with E-state index in [4.69, 9.17) is 9.47 Å². The Balaban J connectivity index is 2.96. The second kappa shape index (κ2) is 12.5. The van der Waals surface area contributed by atoms with Crippen molar-refractivity contribution < 1.29 is 19.4 Å². The fraction of sp³-hybridized carbons (Fsp3) is 0.552. The summed E-state index contributed by atoms with van der Waals surface area (Å²) in [6.45, 7) is 19.8. The van der Waals surface area contributed by atoms with Gasteiger partial charge in [-0.3, -0.25) is 4.79 Å². The average Bonchev–Trinajstić information content (AvgIpc) is 2.82. The van der Waals surface area contributed by atoms with Crippen molar-refractivity contribution in [2.75, 3.05) is 13.1 Å². The molecule has 194 valence electrons. The minimum Gasteiger partial charge on any atom is -0.507 e. The Bertz CT molecular complexity index is 986. The Morgan fingerprint density at radius 3 is 1.89 bits per heavy atom. The van der Waals surface area contributed by atoms with Crippen LogP contribution in [0.3, 0.4) is 0 Å². The summed E-state index contributed by atoms with van der Waals surface area (Å²) in [5, 5.41) is 12.9. The van der Waals surface area contributed by atoms with Crippen molar-refractivity contribution in [3.63, 3.8) is 0 Å². The third kappa shape index (κ3) is 6.03. The van der Waals surface area contributed by atoms with Gasteiger partial charge in [0.25, 0.3) is 5.91 Å². The lowest BCUT2D eigenvalue weighted by molar-refractivity contribution is 0.0773. The molecule has 0 fully saturated rings. The van der Waals surface area contributed by atoms with E-state index in [1.165, 1.54) is 0 Å². The number of nitrogens with zero attached hydrogens (tertiary/aromatic N) is 1. The Kier molecular flexibility index (Phi) is 10.3. The number of phenolic OH excluding ortho intramolecular Hbond substituents is 1. The molecule has 35 heavy (non-hydrogen) atoms. The molecule has 0 aliphatic rings. The summed E-state index contributed by atoms with van der Waals surface area (Å²) in [6, 6.07) is 12.4. The van der Waals surface area contributed by atoms with Gasteiger partial charge in [-0.2, -0.15) is 0 Å². The maximum atomic E-state index is 13.6. The second-order valence-electron chi connectivity index (χ2n) is 9.67. The van der Waals surface area contributed by atoms with Crippen LogP contribution in [-0.4, -0.2) is 49.3 Å². The molecule has 6 heteroatoms. The van der Waals surface area contributed by atoms with Gasteiger partial charge in [-0.25, -0.2) is 0 Å². The molecule has 0 aromatic heterocycles. The van der Waals surface area contributed by atoms with Gasteiger partial charge in [0.1, 0.15) is 17.2 Å². The molecular weight excluding hydrogens is 454 g/mol. The van der Waals surface area contributed by atoms with E-state index in [2.05, 4.69) is 20.8 Å². The highest BCUT2D eigenvalue weighted by Gasteiger charge is 2.37. The van der Waals surface area contributed by atoms with E-state index >= 15 is 0 Å². The van der Waals surface area contributed by atoms with Gasteiger partial charge < -0.3 is 19.5 Å². The smallest absolute Gasteiger partial charge is 0.254 e. The zero-order chi connectivity index (χ0) is 26.3. The molecule has 0 saturated heterocycles. The maximum Gasteiger partial charge on any atom is 0.254 e. The topological polar surface area (TPSA) is 59.0 Å². The third-order valence-electron chi connectivity index (χ3n) is 7.00. The van der Waals surface area contributed by atoms with E-state index in [1.54, 1.807) is 4.90 Å². The third-order valence-corrected chi connectivity index (χ3v) is 12.6. The van der Waals surface area contributed by atoms with Gasteiger partial charge in [-0.15, -0.1) is 0 Å². The Hall–Kier alpha value is -2.47. The molecule has 0 aliphatic heterocycles. The van der Waals surface area contributed by atoms with Crippen molar-refractivity contribution in [3.05, 3.63) is 35.9 Å². The second-order valence-corrected chi connectivity index (χ2v) is 14.8. The van der Waals surface area contributed by atoms with Gasteiger partial charge in [0.15, 0.2) is 0 Å². The van der Waals surface area contributed by atoms with Gasteiger partial charge in [-0.1, -0.05) is 45.0 Å². The van der Waals surface area contributed by atoms with Crippen molar-refractivity contribution in [2.45, 2.75) is 92.7 Å². The summed E-state index contributed by atoms with van der Waals surface area (Å²) in [7, 11) is -2.05. The van der Waals surface area contributed by atoms with Gasteiger partial charge in [-0.05, 0) is 65.8 Å². The molecule has 1 amide bonds. The SMILES string of the molecule is CCN(CC)C(=O)c1cccc(OC(C)C)c1-c1ccc(OC(C)C)c([Si](CC)(CC)CC)c1O. The number of hydrogen-bond donors (Lipinski definition) is 1. The van der Waals surface area contributed by atoms with Crippen molar-refractivity contribution in [2.24, 2.45) is 0 Å². The van der Waals surface area contributed by atoms with Crippen LogP contribution in [0.4, 0.5) is 0 Å². The van der Waals surface area contributed by atoms with Crippen LogP contribution in [0.15, 0.2) is 30.3 Å². The molecule has 2 aromatic rings. The van der Waals surface area contributed by atoms with Crippen molar-refractivity contribution in [1.82, 2.24) is 4.90 Å². The quantitative estimate of drug-likeness (QED) is 0.325. The van der Waals surface area contributed by atoms with E-state index in [1.807, 2.05) is 71.9 Å². The highest BCUT2D eigenvalue weighted by molar-refractivity contribution is 6.93. The van der Waals surface area contributed by atoms with Crippen molar-refractivity contribution in [3.8, 4) is 28.4 Å². The molecule has 0 saturated carbocycles. The molecule has 2 aromatic carbocycles. The molecule has 2 rings (SSSR count). The monoisotopic (exact) mass is 499 g/mol. The standard InChI is InChI=1S/C29H45NO4Si/c1-10-30(11-2)29(32)23-16-15-17-24(33-20(6)7)26(23)22-18-19-25(34-21(8)9)28(27(22)31)35(12-3,13-4)14-5/h15-21,31H,10-14H2,1-9H3. The fourth-order valence-electron chi connectivity index (χ4n) is 4.94. The molecular formula is C29H45NO4Si. The predicted octanol–water partition coefficient (Wildman–Crippen LogP) is 6.83. The Morgan fingerprint density at radius 2 is 1.40 bits per heavy atom. The van der Waals surface area contributed by atoms with Crippen LogP contribution in [0.25, 0.3) is 11.1 Å². The number of rotatable bonds is 12. The molecule has 5 nitrogen and oxygen atoms in total. The summed E-state index contributed by atoms with van der Waals surface area (Å²) < 4.78 is 12.4. The summed E-state index contributed by atoms with van der Waals surface area (Å²) in [5.74, 6) is 1.53. The van der Waals surface area contributed by atoms with E-state index < -0.39 is 8.07 Å². The van der Waals surface area contributed by atoms with Crippen molar-refractivity contribution in [1.29, 1.82) is 0 Å². The number of ether oxygens (including phenoxy) is 2. The van der Waals surface area contributed by atoms with E-state index in [-0.39, 0.29) is 23.9 Å². The minimum absolute atomic E-state index is 0.00682. The van der Waals surface area contributed by atoms with E-state index in [9.17, 15) is 9.90 Å². The molecule has 0 spiro atoms. The number of carbonyl (C=O) groups is 1.